The number of piperidine rings is 1. The molecule has 0 spiro atoms. The molecule has 1 aliphatic heterocycles. The number of benzene rings is 1. The Kier molecular flexibility index (Phi) is 2.70. The van der Waals surface area contributed by atoms with E-state index in [9.17, 15) is 13.2 Å². The average molecular weight is 229 g/mol. The van der Waals surface area contributed by atoms with E-state index in [1.54, 1.807) is 25.1 Å². The van der Waals surface area contributed by atoms with E-state index in [4.69, 9.17) is 0 Å². The van der Waals surface area contributed by atoms with E-state index < -0.39 is 17.3 Å². The fourth-order valence-corrected chi connectivity index (χ4v) is 2.29. The van der Waals surface area contributed by atoms with Gasteiger partial charge in [0.1, 0.15) is 5.82 Å². The number of hydrogen-bond donors (Lipinski definition) is 1. The number of hydrogen-bond acceptors (Lipinski definition) is 1. The van der Waals surface area contributed by atoms with Crippen molar-refractivity contribution in [1.29, 1.82) is 0 Å². The lowest BCUT2D eigenvalue weighted by Gasteiger charge is -2.39. The second-order valence-electron chi connectivity index (χ2n) is 4.52. The van der Waals surface area contributed by atoms with Crippen LogP contribution in [0.15, 0.2) is 24.3 Å². The predicted molar refractivity (Wildman–Crippen MR) is 55.9 cm³/mol. The normalized spacial score (nSPS) is 29.0. The van der Waals surface area contributed by atoms with E-state index in [-0.39, 0.29) is 19.4 Å². The molecule has 1 nitrogen and oxygen atoms in total. The Bertz CT molecular complexity index is 392. The van der Waals surface area contributed by atoms with Crippen molar-refractivity contribution in [2.24, 2.45) is 0 Å². The zero-order valence-corrected chi connectivity index (χ0v) is 9.06. The van der Waals surface area contributed by atoms with Crippen LogP contribution in [0.25, 0.3) is 0 Å². The molecule has 2 rings (SSSR count). The van der Waals surface area contributed by atoms with Gasteiger partial charge >= 0.3 is 0 Å². The van der Waals surface area contributed by atoms with Gasteiger partial charge in [0.05, 0.1) is 0 Å². The molecule has 88 valence electrons. The van der Waals surface area contributed by atoms with Crippen molar-refractivity contribution in [3.05, 3.63) is 35.6 Å². The van der Waals surface area contributed by atoms with Gasteiger partial charge in [0.25, 0.3) is 5.92 Å². The molecule has 1 N–H and O–H groups in total. The van der Waals surface area contributed by atoms with Gasteiger partial charge in [0, 0.05) is 30.5 Å². The van der Waals surface area contributed by atoms with Crippen LogP contribution in [0.5, 0.6) is 0 Å². The molecule has 1 aromatic rings. The Morgan fingerprint density at radius 2 is 1.94 bits per heavy atom. The van der Waals surface area contributed by atoms with Crippen molar-refractivity contribution in [2.45, 2.75) is 31.2 Å². The van der Waals surface area contributed by atoms with Gasteiger partial charge in [0.2, 0.25) is 0 Å². The highest BCUT2D eigenvalue weighted by molar-refractivity contribution is 5.26. The van der Waals surface area contributed by atoms with Crippen molar-refractivity contribution in [3.63, 3.8) is 0 Å². The highest BCUT2D eigenvalue weighted by atomic mass is 19.3. The molecule has 0 radical (unpaired) electrons. The van der Waals surface area contributed by atoms with Crippen LogP contribution in [-0.2, 0) is 5.54 Å². The van der Waals surface area contributed by atoms with E-state index in [1.807, 2.05) is 0 Å². The lowest BCUT2D eigenvalue weighted by Crippen LogP contribution is -2.50. The van der Waals surface area contributed by atoms with E-state index in [2.05, 4.69) is 5.32 Å². The van der Waals surface area contributed by atoms with Crippen molar-refractivity contribution in [3.8, 4) is 0 Å². The summed E-state index contributed by atoms with van der Waals surface area (Å²) in [7, 11) is 0. The number of nitrogens with one attached hydrogen (secondary N) is 1. The van der Waals surface area contributed by atoms with Gasteiger partial charge < -0.3 is 5.32 Å². The topological polar surface area (TPSA) is 12.0 Å². The third-order valence-electron chi connectivity index (χ3n) is 3.09. The molecule has 1 aliphatic rings. The van der Waals surface area contributed by atoms with Crippen LogP contribution >= 0.6 is 0 Å². The monoisotopic (exact) mass is 229 g/mol. The maximum Gasteiger partial charge on any atom is 0.251 e. The number of rotatable bonds is 1. The maximum absolute atomic E-state index is 13.6. The van der Waals surface area contributed by atoms with Gasteiger partial charge in [0.15, 0.2) is 0 Å². The first-order chi connectivity index (χ1) is 7.43. The Morgan fingerprint density at radius 3 is 2.56 bits per heavy atom. The summed E-state index contributed by atoms with van der Waals surface area (Å²) in [6.07, 6.45) is -0.544. The fraction of sp³-hybridized carbons (Fsp3) is 0.500. The first-order valence-electron chi connectivity index (χ1n) is 5.31. The smallest absolute Gasteiger partial charge is 0.251 e. The summed E-state index contributed by atoms with van der Waals surface area (Å²) in [6.45, 7) is 1.83. The summed E-state index contributed by atoms with van der Waals surface area (Å²) in [5, 5.41) is 2.99. The second-order valence-corrected chi connectivity index (χ2v) is 4.52. The molecule has 1 atom stereocenters. The summed E-state index contributed by atoms with van der Waals surface area (Å²) in [6, 6.07) is 6.08. The second kappa shape index (κ2) is 3.77. The number of halogens is 3. The van der Waals surface area contributed by atoms with Crippen LogP contribution in [0.4, 0.5) is 13.2 Å². The van der Waals surface area contributed by atoms with Crippen LogP contribution in [0.2, 0.25) is 0 Å². The molecule has 0 aromatic heterocycles. The molecular formula is C12H14F3N. The third-order valence-corrected chi connectivity index (χ3v) is 3.09. The van der Waals surface area contributed by atoms with Crippen LogP contribution < -0.4 is 5.32 Å². The minimum Gasteiger partial charge on any atom is -0.307 e. The van der Waals surface area contributed by atoms with E-state index in [0.717, 1.165) is 0 Å². The lowest BCUT2D eigenvalue weighted by molar-refractivity contribution is -0.0617. The van der Waals surface area contributed by atoms with Gasteiger partial charge in [-0.15, -0.1) is 0 Å². The highest BCUT2D eigenvalue weighted by Crippen LogP contribution is 2.39. The molecule has 1 unspecified atom stereocenters. The predicted octanol–water partition coefficient (Wildman–Crippen LogP) is 3.06. The van der Waals surface area contributed by atoms with Crippen LogP contribution in [0.1, 0.15) is 25.3 Å². The van der Waals surface area contributed by atoms with E-state index in [1.165, 1.54) is 6.07 Å². The van der Waals surface area contributed by atoms with Gasteiger partial charge in [-0.05, 0) is 13.0 Å². The van der Waals surface area contributed by atoms with Crippen molar-refractivity contribution >= 4 is 0 Å². The van der Waals surface area contributed by atoms with Crippen molar-refractivity contribution in [1.82, 2.24) is 5.32 Å². The molecule has 4 heteroatoms. The highest BCUT2D eigenvalue weighted by Gasteiger charge is 2.44. The van der Waals surface area contributed by atoms with Crippen molar-refractivity contribution < 1.29 is 13.2 Å². The quantitative estimate of drug-likeness (QED) is 0.780. The summed E-state index contributed by atoms with van der Waals surface area (Å²) in [5.74, 6) is -3.15. The first kappa shape index (κ1) is 11.5. The summed E-state index contributed by atoms with van der Waals surface area (Å²) in [4.78, 5) is 0. The van der Waals surface area contributed by atoms with Gasteiger partial charge in [-0.2, -0.15) is 0 Å². The van der Waals surface area contributed by atoms with Gasteiger partial charge in [-0.3, -0.25) is 0 Å². The molecule has 1 saturated heterocycles. The van der Waals surface area contributed by atoms with Crippen LogP contribution in [-0.4, -0.2) is 12.5 Å². The fourth-order valence-electron chi connectivity index (χ4n) is 2.29. The summed E-state index contributed by atoms with van der Waals surface area (Å²) in [5.41, 5.74) is -0.665. The molecule has 16 heavy (non-hydrogen) atoms. The Labute approximate surface area is 92.7 Å². The SMILES string of the molecule is CC1(c2ccccc2F)CC(F)(F)CCN1. The standard InChI is InChI=1S/C12H14F3N/c1-11(8-12(14,15)6-7-16-11)9-4-2-3-5-10(9)13/h2-5,16H,6-8H2,1H3. The Morgan fingerprint density at radius 1 is 1.25 bits per heavy atom. The molecule has 1 fully saturated rings. The van der Waals surface area contributed by atoms with Gasteiger partial charge in [-0.1, -0.05) is 18.2 Å². The minimum absolute atomic E-state index is 0.183. The molecule has 1 heterocycles. The minimum atomic E-state index is -2.72. The molecule has 1 aromatic carbocycles. The molecular weight excluding hydrogens is 215 g/mol. The van der Waals surface area contributed by atoms with E-state index in [0.29, 0.717) is 5.56 Å². The van der Waals surface area contributed by atoms with E-state index >= 15 is 0 Å². The molecule has 0 bridgehead atoms. The lowest BCUT2D eigenvalue weighted by atomic mass is 9.82. The molecule has 0 amide bonds. The Hall–Kier alpha value is -1.03. The summed E-state index contributed by atoms with van der Waals surface area (Å²) < 4.78 is 40.3. The van der Waals surface area contributed by atoms with Gasteiger partial charge in [-0.25, -0.2) is 13.2 Å². The zero-order valence-electron chi connectivity index (χ0n) is 9.06. The Balaban J connectivity index is 2.35. The average Bonchev–Trinajstić information content (AvgIpc) is 2.16. The first-order valence-corrected chi connectivity index (χ1v) is 5.31. The number of alkyl halides is 2. The molecule has 0 aliphatic carbocycles. The zero-order chi connectivity index (χ0) is 11.8. The van der Waals surface area contributed by atoms with Crippen molar-refractivity contribution in [2.75, 3.05) is 6.54 Å². The third kappa shape index (κ3) is 2.07. The van der Waals surface area contributed by atoms with Crippen LogP contribution in [0, 0.1) is 5.82 Å². The van der Waals surface area contributed by atoms with Crippen LogP contribution in [0.3, 0.4) is 0 Å². The summed E-state index contributed by atoms with van der Waals surface area (Å²) >= 11 is 0. The largest absolute Gasteiger partial charge is 0.307 e. The molecule has 0 saturated carbocycles. The maximum atomic E-state index is 13.6.